The lowest BCUT2D eigenvalue weighted by Gasteiger charge is -2.12. The first-order valence-corrected chi connectivity index (χ1v) is 12.3. The number of benzene rings is 3. The highest BCUT2D eigenvalue weighted by atomic mass is 35.5. The highest BCUT2D eigenvalue weighted by molar-refractivity contribution is 8.01. The van der Waals surface area contributed by atoms with Gasteiger partial charge in [-0.2, -0.15) is 0 Å². The molecule has 0 radical (unpaired) electrons. The van der Waals surface area contributed by atoms with Crippen molar-refractivity contribution in [2.75, 3.05) is 11.1 Å². The molecule has 1 aromatic heterocycles. The standard InChI is InChI=1S/C25H22ClN3OS2/c1-15-10-16(2)24(17(3)11-15)29-23(30)14-31-25-28-21-9-8-20(12-22(21)32-25)27-13-18-4-6-19(26)7-5-18/h4-13H,14H2,1-3H3,(H,29,30). The van der Waals surface area contributed by atoms with Gasteiger partial charge in [-0.3, -0.25) is 9.79 Å². The van der Waals surface area contributed by atoms with Crippen molar-refractivity contribution in [3.8, 4) is 0 Å². The molecular weight excluding hydrogens is 458 g/mol. The van der Waals surface area contributed by atoms with Crippen LogP contribution in [0.15, 0.2) is 63.9 Å². The lowest BCUT2D eigenvalue weighted by molar-refractivity contribution is -0.113. The third kappa shape index (κ3) is 5.57. The number of aliphatic imine (C=N–C) groups is 1. The fourth-order valence-corrected chi connectivity index (χ4v) is 5.44. The molecule has 7 heteroatoms. The molecule has 162 valence electrons. The van der Waals surface area contributed by atoms with Crippen LogP contribution >= 0.6 is 34.7 Å². The van der Waals surface area contributed by atoms with Gasteiger partial charge in [-0.25, -0.2) is 4.98 Å². The van der Waals surface area contributed by atoms with Crippen molar-refractivity contribution < 1.29 is 4.79 Å². The van der Waals surface area contributed by atoms with Crippen molar-refractivity contribution >= 4 is 68.4 Å². The Balaban J connectivity index is 1.41. The Morgan fingerprint density at radius 2 is 1.81 bits per heavy atom. The number of amides is 1. The highest BCUT2D eigenvalue weighted by Gasteiger charge is 2.11. The summed E-state index contributed by atoms with van der Waals surface area (Å²) >= 11 is 8.95. The van der Waals surface area contributed by atoms with Crippen LogP contribution in [0.2, 0.25) is 5.02 Å². The van der Waals surface area contributed by atoms with E-state index in [-0.39, 0.29) is 5.91 Å². The Labute approximate surface area is 200 Å². The molecule has 0 saturated heterocycles. The van der Waals surface area contributed by atoms with E-state index >= 15 is 0 Å². The molecule has 0 aliphatic rings. The van der Waals surface area contributed by atoms with Gasteiger partial charge in [0.15, 0.2) is 4.34 Å². The van der Waals surface area contributed by atoms with Gasteiger partial charge in [-0.15, -0.1) is 11.3 Å². The Kier molecular flexibility index (Phi) is 6.94. The molecule has 1 N–H and O–H groups in total. The van der Waals surface area contributed by atoms with Crippen LogP contribution in [-0.4, -0.2) is 22.9 Å². The molecule has 0 aliphatic carbocycles. The van der Waals surface area contributed by atoms with E-state index in [0.717, 1.165) is 42.6 Å². The lowest BCUT2D eigenvalue weighted by Crippen LogP contribution is -2.15. The summed E-state index contributed by atoms with van der Waals surface area (Å²) in [5, 5.41) is 3.75. The van der Waals surface area contributed by atoms with Gasteiger partial charge >= 0.3 is 0 Å². The van der Waals surface area contributed by atoms with Crippen molar-refractivity contribution in [1.82, 2.24) is 4.98 Å². The first-order chi connectivity index (χ1) is 15.4. The molecule has 1 amide bonds. The van der Waals surface area contributed by atoms with Crippen LogP contribution in [0.1, 0.15) is 22.3 Å². The summed E-state index contributed by atoms with van der Waals surface area (Å²) in [6, 6.07) is 17.6. The average Bonchev–Trinajstić information content (AvgIpc) is 3.16. The summed E-state index contributed by atoms with van der Waals surface area (Å²) in [5.41, 5.74) is 7.00. The molecule has 0 fully saturated rings. The minimum Gasteiger partial charge on any atom is -0.325 e. The number of thioether (sulfide) groups is 1. The second-order valence-corrected chi connectivity index (χ2v) is 10.2. The van der Waals surface area contributed by atoms with E-state index in [0.29, 0.717) is 10.8 Å². The van der Waals surface area contributed by atoms with E-state index in [1.165, 1.54) is 17.3 Å². The van der Waals surface area contributed by atoms with Crippen LogP contribution in [0, 0.1) is 20.8 Å². The number of anilines is 1. The Morgan fingerprint density at radius 1 is 1.09 bits per heavy atom. The predicted molar refractivity (Wildman–Crippen MR) is 138 cm³/mol. The smallest absolute Gasteiger partial charge is 0.234 e. The van der Waals surface area contributed by atoms with Gasteiger partial charge in [0.2, 0.25) is 5.91 Å². The van der Waals surface area contributed by atoms with Gasteiger partial charge in [-0.05, 0) is 67.8 Å². The maximum absolute atomic E-state index is 12.5. The van der Waals surface area contributed by atoms with Crippen molar-refractivity contribution in [3.05, 3.63) is 81.9 Å². The quantitative estimate of drug-likeness (QED) is 0.232. The number of hydrogen-bond donors (Lipinski definition) is 1. The number of halogens is 1. The number of hydrogen-bond acceptors (Lipinski definition) is 5. The number of aromatic nitrogens is 1. The molecule has 0 aliphatic heterocycles. The Bertz CT molecular complexity index is 1290. The monoisotopic (exact) mass is 479 g/mol. The van der Waals surface area contributed by atoms with E-state index in [1.54, 1.807) is 11.3 Å². The molecule has 0 atom stereocenters. The molecular formula is C25H22ClN3OS2. The van der Waals surface area contributed by atoms with Crippen LogP contribution in [0.25, 0.3) is 10.2 Å². The van der Waals surface area contributed by atoms with Gasteiger partial charge in [0, 0.05) is 16.9 Å². The fraction of sp³-hybridized carbons (Fsp3) is 0.160. The van der Waals surface area contributed by atoms with Crippen LogP contribution in [-0.2, 0) is 4.79 Å². The number of carbonyl (C=O) groups excluding carboxylic acids is 1. The minimum absolute atomic E-state index is 0.0300. The molecule has 0 unspecified atom stereocenters. The third-order valence-corrected chi connectivity index (χ3v) is 7.27. The zero-order valence-electron chi connectivity index (χ0n) is 18.0. The number of nitrogens with zero attached hydrogens (tertiary/aromatic N) is 2. The van der Waals surface area contributed by atoms with E-state index in [1.807, 2.05) is 62.5 Å². The Morgan fingerprint density at radius 3 is 2.53 bits per heavy atom. The molecule has 4 nitrogen and oxygen atoms in total. The van der Waals surface area contributed by atoms with Gasteiger partial charge in [-0.1, -0.05) is 53.2 Å². The van der Waals surface area contributed by atoms with Crippen LogP contribution in [0.5, 0.6) is 0 Å². The largest absolute Gasteiger partial charge is 0.325 e. The average molecular weight is 480 g/mol. The SMILES string of the molecule is Cc1cc(C)c(NC(=O)CSc2nc3ccc(N=Cc4ccc(Cl)cc4)cc3s2)c(C)c1. The molecule has 32 heavy (non-hydrogen) atoms. The Hall–Kier alpha value is -2.67. The number of thiazole rings is 1. The molecule has 3 aromatic carbocycles. The van der Waals surface area contributed by atoms with E-state index in [4.69, 9.17) is 11.6 Å². The summed E-state index contributed by atoms with van der Waals surface area (Å²) in [6.07, 6.45) is 1.81. The van der Waals surface area contributed by atoms with Gasteiger partial charge in [0.25, 0.3) is 0 Å². The van der Waals surface area contributed by atoms with E-state index < -0.39 is 0 Å². The number of nitrogens with one attached hydrogen (secondary N) is 1. The second kappa shape index (κ2) is 9.86. The van der Waals surface area contributed by atoms with Gasteiger partial charge in [0.1, 0.15) is 0 Å². The van der Waals surface area contributed by atoms with Crippen LogP contribution in [0.3, 0.4) is 0 Å². The second-order valence-electron chi connectivity index (χ2n) is 7.55. The van der Waals surface area contributed by atoms with Crippen LogP contribution < -0.4 is 5.32 Å². The summed E-state index contributed by atoms with van der Waals surface area (Å²) < 4.78 is 1.91. The number of carbonyl (C=O) groups is 1. The normalized spacial score (nSPS) is 11.4. The zero-order chi connectivity index (χ0) is 22.7. The predicted octanol–water partition coefficient (Wildman–Crippen LogP) is 7.36. The first kappa shape index (κ1) is 22.5. The first-order valence-electron chi connectivity index (χ1n) is 10.1. The molecule has 0 spiro atoms. The maximum Gasteiger partial charge on any atom is 0.234 e. The van der Waals surface area contributed by atoms with Crippen molar-refractivity contribution in [2.45, 2.75) is 25.1 Å². The molecule has 4 rings (SSSR count). The van der Waals surface area contributed by atoms with Crippen molar-refractivity contribution in [2.24, 2.45) is 4.99 Å². The van der Waals surface area contributed by atoms with Gasteiger partial charge < -0.3 is 5.32 Å². The zero-order valence-corrected chi connectivity index (χ0v) is 20.4. The minimum atomic E-state index is -0.0300. The molecule has 0 saturated carbocycles. The summed E-state index contributed by atoms with van der Waals surface area (Å²) in [7, 11) is 0. The van der Waals surface area contributed by atoms with Crippen LogP contribution in [0.4, 0.5) is 11.4 Å². The number of rotatable bonds is 6. The van der Waals surface area contributed by atoms with E-state index in [9.17, 15) is 4.79 Å². The summed E-state index contributed by atoms with van der Waals surface area (Å²) in [6.45, 7) is 6.09. The highest BCUT2D eigenvalue weighted by Crippen LogP contribution is 2.32. The number of aryl methyl sites for hydroxylation is 3. The van der Waals surface area contributed by atoms with Gasteiger partial charge in [0.05, 0.1) is 21.7 Å². The molecule has 4 aromatic rings. The number of fused-ring (bicyclic) bond motifs is 1. The maximum atomic E-state index is 12.5. The third-order valence-electron chi connectivity index (χ3n) is 4.85. The summed E-state index contributed by atoms with van der Waals surface area (Å²) in [4.78, 5) is 21.7. The topological polar surface area (TPSA) is 54.4 Å². The van der Waals surface area contributed by atoms with Crippen molar-refractivity contribution in [1.29, 1.82) is 0 Å². The summed E-state index contributed by atoms with van der Waals surface area (Å²) in [5.74, 6) is 0.284. The molecule has 1 heterocycles. The van der Waals surface area contributed by atoms with Crippen molar-refractivity contribution in [3.63, 3.8) is 0 Å². The lowest BCUT2D eigenvalue weighted by atomic mass is 10.1. The molecule has 0 bridgehead atoms. The fourth-order valence-electron chi connectivity index (χ4n) is 3.41. The van der Waals surface area contributed by atoms with E-state index in [2.05, 4.69) is 34.3 Å².